The lowest BCUT2D eigenvalue weighted by Crippen LogP contribution is -2.34. The quantitative estimate of drug-likeness (QED) is 0.523. The lowest BCUT2D eigenvalue weighted by Gasteiger charge is -2.31. The summed E-state index contributed by atoms with van der Waals surface area (Å²) in [7, 11) is 0. The van der Waals surface area contributed by atoms with Gasteiger partial charge in [0, 0.05) is 0 Å². The van der Waals surface area contributed by atoms with Crippen LogP contribution >= 0.6 is 0 Å². The van der Waals surface area contributed by atoms with Crippen molar-refractivity contribution in [1.82, 2.24) is 5.59 Å². The Morgan fingerprint density at radius 3 is 2.62 bits per heavy atom. The lowest BCUT2D eigenvalue weighted by atomic mass is 10.0. The Morgan fingerprint density at radius 2 is 2.06 bits per heavy atom. The number of hydrogen-bond acceptors (Lipinski definition) is 6. The van der Waals surface area contributed by atoms with Crippen LogP contribution in [0.3, 0.4) is 0 Å². The Kier molecular flexibility index (Phi) is 5.68. The smallest absolute Gasteiger partial charge is 0.328 e. The second kappa shape index (κ2) is 6.80. The minimum Gasteiger partial charge on any atom is -0.377 e. The van der Waals surface area contributed by atoms with Crippen molar-refractivity contribution >= 4 is 5.97 Å². The molecule has 0 aromatic carbocycles. The van der Waals surface area contributed by atoms with Crippen molar-refractivity contribution in [3.05, 3.63) is 0 Å². The number of carbonyl (C=O) groups excluding carboxylic acids is 1. The predicted molar refractivity (Wildman–Crippen MR) is 57.0 cm³/mol. The Hall–Kier alpha value is -0.690. The summed E-state index contributed by atoms with van der Waals surface area (Å²) in [5.74, 6) is 4.41. The predicted octanol–water partition coefficient (Wildman–Crippen LogP) is 0.271. The van der Waals surface area contributed by atoms with Crippen LogP contribution in [0.1, 0.15) is 33.1 Å². The van der Waals surface area contributed by atoms with Gasteiger partial charge in [-0.1, -0.05) is 5.59 Å². The molecule has 1 rings (SSSR count). The molecule has 3 N–H and O–H groups in total. The Balaban J connectivity index is 2.14. The second-order valence-corrected chi connectivity index (χ2v) is 4.06. The third-order valence-corrected chi connectivity index (χ3v) is 2.49. The van der Waals surface area contributed by atoms with E-state index < -0.39 is 5.97 Å². The summed E-state index contributed by atoms with van der Waals surface area (Å²) < 4.78 is 11.2. The number of nitrogens with one attached hydrogen (secondary N) is 1. The van der Waals surface area contributed by atoms with Crippen LogP contribution in [-0.2, 0) is 19.1 Å². The molecule has 1 aliphatic heterocycles. The first-order valence-corrected chi connectivity index (χ1v) is 5.54. The summed E-state index contributed by atoms with van der Waals surface area (Å²) in [5, 5.41) is 0. The third kappa shape index (κ3) is 4.89. The average molecular weight is 232 g/mol. The van der Waals surface area contributed by atoms with Crippen molar-refractivity contribution in [2.24, 2.45) is 5.84 Å². The molecule has 0 amide bonds. The normalized spacial score (nSPS) is 30.1. The minimum absolute atomic E-state index is 0.164. The molecule has 94 valence electrons. The molecule has 0 aliphatic carbocycles. The van der Waals surface area contributed by atoms with Crippen molar-refractivity contribution < 1.29 is 19.1 Å². The van der Waals surface area contributed by atoms with Crippen molar-refractivity contribution in [2.45, 2.75) is 51.4 Å². The molecular formula is C10H20N2O4. The van der Waals surface area contributed by atoms with Crippen LogP contribution in [0.4, 0.5) is 0 Å². The Morgan fingerprint density at radius 1 is 1.44 bits per heavy atom. The van der Waals surface area contributed by atoms with Gasteiger partial charge in [0.25, 0.3) is 0 Å². The van der Waals surface area contributed by atoms with Crippen molar-refractivity contribution in [3.8, 4) is 0 Å². The highest BCUT2D eigenvalue weighted by atomic mass is 16.7. The molecule has 6 nitrogen and oxygen atoms in total. The standard InChI is InChI=1S/C10H20N2O4/c1-7-5-9(6-8(2)15-7)14-4-3-10(13)16-12-11/h7-9,12H,3-6,11H2,1-2H3. The molecular weight excluding hydrogens is 212 g/mol. The second-order valence-electron chi connectivity index (χ2n) is 4.06. The molecule has 16 heavy (non-hydrogen) atoms. The van der Waals surface area contributed by atoms with Gasteiger partial charge in [-0.25, -0.2) is 5.84 Å². The average Bonchev–Trinajstić information content (AvgIpc) is 2.16. The number of rotatable bonds is 5. The maximum absolute atomic E-state index is 10.9. The number of carbonyl (C=O) groups is 1. The topological polar surface area (TPSA) is 82.8 Å². The van der Waals surface area contributed by atoms with Crippen LogP contribution < -0.4 is 11.4 Å². The zero-order chi connectivity index (χ0) is 12.0. The molecule has 0 aromatic rings. The first-order chi connectivity index (χ1) is 7.61. The molecule has 6 heteroatoms. The van der Waals surface area contributed by atoms with Gasteiger partial charge in [0.05, 0.1) is 31.3 Å². The van der Waals surface area contributed by atoms with Crippen molar-refractivity contribution in [2.75, 3.05) is 6.61 Å². The van der Waals surface area contributed by atoms with Crippen LogP contribution in [-0.4, -0.2) is 30.9 Å². The van der Waals surface area contributed by atoms with Gasteiger partial charge in [0.1, 0.15) is 0 Å². The molecule has 0 saturated carbocycles. The first kappa shape index (κ1) is 13.4. The van der Waals surface area contributed by atoms with E-state index in [9.17, 15) is 4.79 Å². The monoisotopic (exact) mass is 232 g/mol. The highest BCUT2D eigenvalue weighted by Gasteiger charge is 2.24. The van der Waals surface area contributed by atoms with E-state index in [1.54, 1.807) is 0 Å². The maximum Gasteiger partial charge on any atom is 0.328 e. The molecule has 1 heterocycles. The van der Waals surface area contributed by atoms with E-state index in [0.717, 1.165) is 12.8 Å². The fourth-order valence-electron chi connectivity index (χ4n) is 1.91. The van der Waals surface area contributed by atoms with Gasteiger partial charge in [-0.05, 0) is 26.7 Å². The molecule has 0 bridgehead atoms. The van der Waals surface area contributed by atoms with Gasteiger partial charge in [0.2, 0.25) is 0 Å². The SMILES string of the molecule is CC1CC(OCCC(=O)ONN)CC(C)O1. The maximum atomic E-state index is 10.9. The van der Waals surface area contributed by atoms with Gasteiger partial charge >= 0.3 is 5.97 Å². The lowest BCUT2D eigenvalue weighted by molar-refractivity contribution is -0.154. The molecule has 0 radical (unpaired) electrons. The number of nitrogens with two attached hydrogens (primary N) is 1. The van der Waals surface area contributed by atoms with Gasteiger partial charge in [-0.2, -0.15) is 0 Å². The summed E-state index contributed by atoms with van der Waals surface area (Å²) >= 11 is 0. The van der Waals surface area contributed by atoms with Crippen LogP contribution in [0.2, 0.25) is 0 Å². The third-order valence-electron chi connectivity index (χ3n) is 2.49. The minimum atomic E-state index is -0.421. The molecule has 0 spiro atoms. The zero-order valence-electron chi connectivity index (χ0n) is 9.77. The molecule has 2 atom stereocenters. The van der Waals surface area contributed by atoms with Crippen molar-refractivity contribution in [3.63, 3.8) is 0 Å². The van der Waals surface area contributed by atoms with Gasteiger partial charge < -0.3 is 14.3 Å². The summed E-state index contributed by atoms with van der Waals surface area (Å²) in [4.78, 5) is 15.3. The van der Waals surface area contributed by atoms with E-state index in [4.69, 9.17) is 15.3 Å². The summed E-state index contributed by atoms with van der Waals surface area (Å²) in [5.41, 5.74) is 1.84. The molecule has 2 unspecified atom stereocenters. The summed E-state index contributed by atoms with van der Waals surface area (Å²) in [6.07, 6.45) is 2.53. The molecule has 1 fully saturated rings. The van der Waals surface area contributed by atoms with Crippen LogP contribution in [0, 0.1) is 0 Å². The fraction of sp³-hybridized carbons (Fsp3) is 0.900. The fourth-order valence-corrected chi connectivity index (χ4v) is 1.91. The van der Waals surface area contributed by atoms with E-state index in [1.807, 2.05) is 19.4 Å². The van der Waals surface area contributed by atoms with E-state index >= 15 is 0 Å². The van der Waals surface area contributed by atoms with Crippen LogP contribution in [0.15, 0.2) is 0 Å². The van der Waals surface area contributed by atoms with E-state index in [1.165, 1.54) is 0 Å². The van der Waals surface area contributed by atoms with Gasteiger partial charge in [0.15, 0.2) is 0 Å². The molecule has 1 saturated heterocycles. The highest BCUT2D eigenvalue weighted by Crippen LogP contribution is 2.21. The summed E-state index contributed by atoms with van der Waals surface area (Å²) in [6, 6.07) is 0. The summed E-state index contributed by atoms with van der Waals surface area (Å²) in [6.45, 7) is 4.40. The molecule has 1 aliphatic rings. The van der Waals surface area contributed by atoms with E-state index in [0.29, 0.717) is 6.61 Å². The highest BCUT2D eigenvalue weighted by molar-refractivity contribution is 5.69. The number of ether oxygens (including phenoxy) is 2. The largest absolute Gasteiger partial charge is 0.377 e. The zero-order valence-corrected chi connectivity index (χ0v) is 9.77. The van der Waals surface area contributed by atoms with E-state index in [-0.39, 0.29) is 24.7 Å². The number of hydrogen-bond donors (Lipinski definition) is 2. The molecule has 0 aromatic heterocycles. The van der Waals surface area contributed by atoms with Crippen LogP contribution in [0.5, 0.6) is 0 Å². The Labute approximate surface area is 95.3 Å². The Bertz CT molecular complexity index is 215. The number of hydrazine groups is 1. The van der Waals surface area contributed by atoms with Crippen LogP contribution in [0.25, 0.3) is 0 Å². The van der Waals surface area contributed by atoms with Gasteiger partial charge in [-0.3, -0.25) is 4.79 Å². The van der Waals surface area contributed by atoms with Crippen molar-refractivity contribution in [1.29, 1.82) is 0 Å². The van der Waals surface area contributed by atoms with Gasteiger partial charge in [-0.15, -0.1) is 0 Å². The van der Waals surface area contributed by atoms with E-state index in [2.05, 4.69) is 4.84 Å². The first-order valence-electron chi connectivity index (χ1n) is 5.54.